The molecule has 1 aromatic carbocycles. The van der Waals surface area contributed by atoms with Gasteiger partial charge in [-0.05, 0) is 56.9 Å². The second-order valence-corrected chi connectivity index (χ2v) is 13.5. The maximum atomic E-state index is 14.6. The van der Waals surface area contributed by atoms with Crippen LogP contribution in [0.25, 0.3) is 0 Å². The molecule has 0 aromatic heterocycles. The predicted molar refractivity (Wildman–Crippen MR) is 175 cm³/mol. The summed E-state index contributed by atoms with van der Waals surface area (Å²) in [4.78, 5) is 57.5. The van der Waals surface area contributed by atoms with E-state index < -0.39 is 41.7 Å². The first-order chi connectivity index (χ1) is 21.6. The molecule has 3 heterocycles. The number of ether oxygens (including phenoxy) is 2. The van der Waals surface area contributed by atoms with Gasteiger partial charge in [-0.15, -0.1) is 13.2 Å². The van der Waals surface area contributed by atoms with Gasteiger partial charge in [0, 0.05) is 41.7 Å². The summed E-state index contributed by atoms with van der Waals surface area (Å²) in [7, 11) is 0. The Bertz CT molecular complexity index is 1260. The molecule has 1 unspecified atom stereocenters. The van der Waals surface area contributed by atoms with Crippen molar-refractivity contribution in [1.29, 1.82) is 0 Å². The van der Waals surface area contributed by atoms with E-state index in [1.165, 1.54) is 0 Å². The van der Waals surface area contributed by atoms with Crippen LogP contribution in [0, 0.1) is 11.8 Å². The highest BCUT2D eigenvalue weighted by Gasteiger charge is 2.77. The number of carbonyl (C=O) groups is 4. The fourth-order valence-electron chi connectivity index (χ4n) is 6.78. The number of halogens is 2. The number of alkyl halides is 1. The van der Waals surface area contributed by atoms with Gasteiger partial charge in [0.25, 0.3) is 5.91 Å². The molecule has 3 fully saturated rings. The Kier molecular flexibility index (Phi) is 12.3. The molecular formula is C33H43BrClN3O7. The lowest BCUT2D eigenvalue weighted by molar-refractivity contribution is -0.159. The molecule has 3 aliphatic rings. The van der Waals surface area contributed by atoms with Crippen LogP contribution in [-0.2, 0) is 28.7 Å². The van der Waals surface area contributed by atoms with Crippen molar-refractivity contribution in [2.45, 2.75) is 80.5 Å². The van der Waals surface area contributed by atoms with Crippen LogP contribution < -0.4 is 10.2 Å². The van der Waals surface area contributed by atoms with E-state index in [2.05, 4.69) is 34.4 Å². The zero-order valence-corrected chi connectivity index (χ0v) is 28.0. The molecule has 10 nitrogen and oxygen atoms in total. The Morgan fingerprint density at radius 2 is 1.93 bits per heavy atom. The minimum absolute atomic E-state index is 0.0924. The van der Waals surface area contributed by atoms with E-state index in [1.54, 1.807) is 53.1 Å². The van der Waals surface area contributed by atoms with Crippen molar-refractivity contribution < 1.29 is 33.8 Å². The summed E-state index contributed by atoms with van der Waals surface area (Å²) in [6.07, 6.45) is 6.01. The Balaban J connectivity index is 1.62. The SMILES string of the molecule is C=CCCC(=O)NC[C@H](C)OC(=O)[C@H]1[C@@H]2O[C@@]3(CC2Br)[C@@H]1C(=O)N(CCCCCCO)[C@@H]3C(=O)N(CC=C)c1ccc(Cl)cc1. The molecule has 0 aliphatic carbocycles. The molecule has 3 saturated heterocycles. The second kappa shape index (κ2) is 15.7. The largest absolute Gasteiger partial charge is 0.460 e. The van der Waals surface area contributed by atoms with E-state index in [-0.39, 0.29) is 48.7 Å². The third-order valence-corrected chi connectivity index (χ3v) is 9.89. The fraction of sp³-hybridized carbons (Fsp3) is 0.576. The molecule has 246 valence electrons. The van der Waals surface area contributed by atoms with Gasteiger partial charge in [-0.3, -0.25) is 19.2 Å². The maximum absolute atomic E-state index is 14.6. The number of hydrogen-bond donors (Lipinski definition) is 2. The van der Waals surface area contributed by atoms with Crippen molar-refractivity contribution in [3.05, 3.63) is 54.6 Å². The smallest absolute Gasteiger partial charge is 0.312 e. The van der Waals surface area contributed by atoms with Crippen molar-refractivity contribution in [2.24, 2.45) is 11.8 Å². The topological polar surface area (TPSA) is 125 Å². The third-order valence-electron chi connectivity index (χ3n) is 8.80. The number of aliphatic hydroxyl groups is 1. The van der Waals surface area contributed by atoms with Crippen molar-refractivity contribution in [2.75, 3.05) is 31.1 Å². The molecule has 45 heavy (non-hydrogen) atoms. The van der Waals surface area contributed by atoms with Gasteiger partial charge in [-0.2, -0.15) is 0 Å². The van der Waals surface area contributed by atoms with Gasteiger partial charge in [0.15, 0.2) is 0 Å². The average Bonchev–Trinajstić information content (AvgIpc) is 3.61. The normalized spacial score (nSPS) is 27.2. The number of anilines is 1. The molecule has 0 saturated carbocycles. The molecule has 2 N–H and O–H groups in total. The lowest BCUT2D eigenvalue weighted by atomic mass is 9.70. The molecule has 4 rings (SSSR count). The number of aliphatic hydroxyl groups excluding tert-OH is 1. The molecule has 1 aromatic rings. The van der Waals surface area contributed by atoms with E-state index in [9.17, 15) is 24.3 Å². The van der Waals surface area contributed by atoms with Gasteiger partial charge in [0.1, 0.15) is 17.7 Å². The van der Waals surface area contributed by atoms with Crippen LogP contribution in [0.5, 0.6) is 0 Å². The van der Waals surface area contributed by atoms with Gasteiger partial charge < -0.3 is 29.7 Å². The first-order valence-corrected chi connectivity index (χ1v) is 16.9. The molecule has 3 amide bonds. The van der Waals surface area contributed by atoms with E-state index in [0.717, 1.165) is 12.8 Å². The minimum Gasteiger partial charge on any atom is -0.460 e. The van der Waals surface area contributed by atoms with Gasteiger partial charge in [0.2, 0.25) is 11.8 Å². The van der Waals surface area contributed by atoms with E-state index in [4.69, 9.17) is 21.1 Å². The first kappa shape index (κ1) is 35.1. The lowest BCUT2D eigenvalue weighted by Crippen LogP contribution is -2.57. The Labute approximate surface area is 278 Å². The quantitative estimate of drug-likeness (QED) is 0.108. The van der Waals surface area contributed by atoms with Crippen LogP contribution in [-0.4, -0.2) is 88.6 Å². The zero-order chi connectivity index (χ0) is 32.7. The molecule has 1 spiro atoms. The minimum atomic E-state index is -1.24. The Morgan fingerprint density at radius 3 is 2.60 bits per heavy atom. The standard InChI is InChI=1S/C33H43BrClN3O7/c1-4-6-11-25(40)36-20-21(3)44-32(43)26-27-30(41)38(17-9-7-8-10-18-39)29(33(27)19-24(34)28(26)45-33)31(42)37(16-5-2)23-14-12-22(35)13-15-23/h4-5,12-15,21,24,26-29,39H,1-2,6-11,16-20H2,3H3,(H,36,40)/t21-,24?,26+,27-,28+,29+,33-/m0/s1. The molecule has 7 atom stereocenters. The number of unbranched alkanes of at least 4 members (excludes halogenated alkanes) is 3. The highest BCUT2D eigenvalue weighted by molar-refractivity contribution is 9.09. The lowest BCUT2D eigenvalue weighted by Gasteiger charge is -2.37. The van der Waals surface area contributed by atoms with E-state index in [0.29, 0.717) is 42.9 Å². The number of rotatable bonds is 17. The fourth-order valence-corrected chi connectivity index (χ4v) is 7.85. The number of nitrogens with one attached hydrogen (secondary N) is 1. The average molecular weight is 709 g/mol. The van der Waals surface area contributed by atoms with Gasteiger partial charge in [0.05, 0.1) is 24.5 Å². The molecule has 0 radical (unpaired) electrons. The summed E-state index contributed by atoms with van der Waals surface area (Å²) in [5.74, 6) is -3.22. The van der Waals surface area contributed by atoms with Crippen molar-refractivity contribution in [3.8, 4) is 0 Å². The second-order valence-electron chi connectivity index (χ2n) is 11.9. The Hall–Kier alpha value is -2.73. The van der Waals surface area contributed by atoms with Crippen molar-refractivity contribution in [3.63, 3.8) is 0 Å². The number of amides is 3. The summed E-state index contributed by atoms with van der Waals surface area (Å²) >= 11 is 9.81. The summed E-state index contributed by atoms with van der Waals surface area (Å²) in [5, 5.41) is 12.5. The monoisotopic (exact) mass is 707 g/mol. The van der Waals surface area contributed by atoms with Crippen molar-refractivity contribution in [1.82, 2.24) is 10.2 Å². The zero-order valence-electron chi connectivity index (χ0n) is 25.7. The molecule has 12 heteroatoms. The third kappa shape index (κ3) is 7.48. The highest BCUT2D eigenvalue weighted by Crippen LogP contribution is 2.60. The van der Waals surface area contributed by atoms with Gasteiger partial charge in [-0.25, -0.2) is 0 Å². The molecular weight excluding hydrogens is 666 g/mol. The van der Waals surface area contributed by atoms with Crippen LogP contribution in [0.4, 0.5) is 5.69 Å². The van der Waals surface area contributed by atoms with Crippen LogP contribution in [0.3, 0.4) is 0 Å². The van der Waals surface area contributed by atoms with Crippen LogP contribution in [0.2, 0.25) is 5.02 Å². The number of likely N-dealkylation sites (tertiary alicyclic amines) is 1. The van der Waals surface area contributed by atoms with E-state index >= 15 is 0 Å². The number of fused-ring (bicyclic) bond motifs is 1. The van der Waals surface area contributed by atoms with Crippen molar-refractivity contribution >= 4 is 56.9 Å². The van der Waals surface area contributed by atoms with Crippen LogP contribution >= 0.6 is 27.5 Å². The summed E-state index contributed by atoms with van der Waals surface area (Å²) in [6, 6.07) is 5.90. The predicted octanol–water partition coefficient (Wildman–Crippen LogP) is 4.17. The van der Waals surface area contributed by atoms with Gasteiger partial charge >= 0.3 is 5.97 Å². The van der Waals surface area contributed by atoms with Crippen LogP contribution in [0.1, 0.15) is 51.9 Å². The summed E-state index contributed by atoms with van der Waals surface area (Å²) < 4.78 is 12.4. The maximum Gasteiger partial charge on any atom is 0.312 e. The van der Waals surface area contributed by atoms with E-state index in [1.807, 2.05) is 0 Å². The Morgan fingerprint density at radius 1 is 1.22 bits per heavy atom. The number of esters is 1. The number of nitrogens with zero attached hydrogens (tertiary/aromatic N) is 2. The van der Waals surface area contributed by atoms with Gasteiger partial charge in [-0.1, -0.05) is 52.5 Å². The number of allylic oxidation sites excluding steroid dienone is 1. The molecule has 2 bridgehead atoms. The van der Waals surface area contributed by atoms with Crippen LogP contribution in [0.15, 0.2) is 49.6 Å². The number of hydrogen-bond acceptors (Lipinski definition) is 7. The summed E-state index contributed by atoms with van der Waals surface area (Å²) in [5.41, 5.74) is -0.641. The first-order valence-electron chi connectivity index (χ1n) is 15.6. The number of carbonyl (C=O) groups excluding carboxylic acids is 4. The summed E-state index contributed by atoms with van der Waals surface area (Å²) in [6.45, 7) is 9.85. The highest BCUT2D eigenvalue weighted by atomic mass is 79.9. The number of benzene rings is 1. The molecule has 3 aliphatic heterocycles.